The number of anilines is 2. The van der Waals surface area contributed by atoms with Gasteiger partial charge < -0.3 is 20.1 Å². The number of benzene rings is 2. The summed E-state index contributed by atoms with van der Waals surface area (Å²) in [6.07, 6.45) is -0.528. The van der Waals surface area contributed by atoms with E-state index in [1.807, 2.05) is 24.3 Å². The Balaban J connectivity index is 1.50. The Bertz CT molecular complexity index is 893. The number of amides is 2. The molecule has 2 heterocycles. The first-order chi connectivity index (χ1) is 13.6. The Morgan fingerprint density at radius 1 is 1.21 bits per heavy atom. The van der Waals surface area contributed by atoms with E-state index >= 15 is 0 Å². The second-order valence-electron chi connectivity index (χ2n) is 6.96. The van der Waals surface area contributed by atoms with Crippen molar-refractivity contribution in [2.75, 3.05) is 36.9 Å². The minimum absolute atomic E-state index is 0.180. The van der Waals surface area contributed by atoms with Crippen LogP contribution in [-0.4, -0.2) is 49.1 Å². The average Bonchev–Trinajstić information content (AvgIpc) is 2.70. The van der Waals surface area contributed by atoms with Crippen molar-refractivity contribution >= 4 is 23.2 Å². The zero-order chi connectivity index (χ0) is 19.5. The molecule has 1 saturated heterocycles. The van der Waals surface area contributed by atoms with E-state index in [0.29, 0.717) is 29.2 Å². The molecule has 2 aromatic carbocycles. The normalized spacial score (nSPS) is 19.3. The molecule has 0 aliphatic carbocycles. The number of carbonyl (C=O) groups is 2. The lowest BCUT2D eigenvalue weighted by molar-refractivity contribution is -0.122. The quantitative estimate of drug-likeness (QED) is 0.851. The van der Waals surface area contributed by atoms with Gasteiger partial charge in [0.25, 0.3) is 11.8 Å². The van der Waals surface area contributed by atoms with Gasteiger partial charge in [0, 0.05) is 30.9 Å². The maximum atomic E-state index is 12.9. The number of hydrogen-bond acceptors (Lipinski definition) is 5. The number of nitrogens with zero attached hydrogens (tertiary/aromatic N) is 1. The molecule has 0 unspecified atom stereocenters. The first-order valence-electron chi connectivity index (χ1n) is 9.41. The fourth-order valence-corrected chi connectivity index (χ4v) is 3.36. The van der Waals surface area contributed by atoms with Crippen LogP contribution in [0, 0.1) is 0 Å². The van der Waals surface area contributed by atoms with Crippen molar-refractivity contribution in [3.63, 3.8) is 0 Å². The van der Waals surface area contributed by atoms with E-state index < -0.39 is 6.10 Å². The van der Waals surface area contributed by atoms with Gasteiger partial charge in [-0.05, 0) is 36.8 Å². The summed E-state index contributed by atoms with van der Waals surface area (Å²) in [4.78, 5) is 27.0. The number of nitrogens with one attached hydrogen (secondary N) is 2. The highest BCUT2D eigenvalue weighted by molar-refractivity contribution is 6.06. The first kappa shape index (κ1) is 18.5. The molecule has 2 aliphatic heterocycles. The zero-order valence-electron chi connectivity index (χ0n) is 15.7. The lowest BCUT2D eigenvalue weighted by Gasteiger charge is -2.27. The number of fused-ring (bicyclic) bond motifs is 1. The van der Waals surface area contributed by atoms with E-state index in [2.05, 4.69) is 15.5 Å². The molecule has 1 fully saturated rings. The maximum absolute atomic E-state index is 12.9. The molecule has 0 spiro atoms. The molecule has 0 saturated carbocycles. The third-order valence-corrected chi connectivity index (χ3v) is 4.93. The number of carbonyl (C=O) groups excluding carboxylic acids is 2. The molecular weight excluding hydrogens is 358 g/mol. The van der Waals surface area contributed by atoms with Crippen molar-refractivity contribution in [3.8, 4) is 5.75 Å². The monoisotopic (exact) mass is 381 g/mol. The number of rotatable bonds is 4. The van der Waals surface area contributed by atoms with Crippen LogP contribution in [0.2, 0.25) is 0 Å². The topological polar surface area (TPSA) is 79.9 Å². The molecular formula is C21H23N3O4. The minimum atomic E-state index is -0.528. The molecule has 0 bridgehead atoms. The third-order valence-electron chi connectivity index (χ3n) is 4.93. The predicted octanol–water partition coefficient (Wildman–Crippen LogP) is 2.49. The van der Waals surface area contributed by atoms with E-state index in [9.17, 15) is 9.59 Å². The van der Waals surface area contributed by atoms with E-state index in [4.69, 9.17) is 9.47 Å². The van der Waals surface area contributed by atoms with Crippen LogP contribution in [0.5, 0.6) is 5.75 Å². The molecule has 2 amide bonds. The van der Waals surface area contributed by atoms with Gasteiger partial charge in [-0.2, -0.15) is 0 Å². The molecule has 146 valence electrons. The first-order valence-corrected chi connectivity index (χ1v) is 9.41. The highest BCUT2D eigenvalue weighted by atomic mass is 16.5. The van der Waals surface area contributed by atoms with Gasteiger partial charge in [-0.25, -0.2) is 0 Å². The summed E-state index contributed by atoms with van der Waals surface area (Å²) in [7, 11) is 0. The number of hydrogen-bond donors (Lipinski definition) is 2. The molecule has 28 heavy (non-hydrogen) atoms. The highest BCUT2D eigenvalue weighted by Gasteiger charge is 2.24. The van der Waals surface area contributed by atoms with Gasteiger partial charge in [0.05, 0.1) is 18.9 Å². The van der Waals surface area contributed by atoms with Crippen LogP contribution in [0.1, 0.15) is 22.8 Å². The Labute approximate surface area is 163 Å². The van der Waals surface area contributed by atoms with Gasteiger partial charge in [-0.1, -0.05) is 18.2 Å². The Morgan fingerprint density at radius 2 is 2.00 bits per heavy atom. The zero-order valence-corrected chi connectivity index (χ0v) is 15.7. The van der Waals surface area contributed by atoms with Crippen LogP contribution < -0.4 is 15.4 Å². The van der Waals surface area contributed by atoms with E-state index in [-0.39, 0.29) is 11.8 Å². The van der Waals surface area contributed by atoms with Crippen LogP contribution in [-0.2, 0) is 16.1 Å². The van der Waals surface area contributed by atoms with E-state index in [1.165, 1.54) is 0 Å². The van der Waals surface area contributed by atoms with Gasteiger partial charge in [-0.3, -0.25) is 14.5 Å². The SMILES string of the molecule is C[C@@H]1Oc2ccc(NC(=O)c3ccccc3CN3CCOCC3)cc2NC1=O. The maximum Gasteiger partial charge on any atom is 0.265 e. The van der Waals surface area contributed by atoms with Crippen molar-refractivity contribution in [1.29, 1.82) is 0 Å². The fourth-order valence-electron chi connectivity index (χ4n) is 3.36. The van der Waals surface area contributed by atoms with Crippen LogP contribution in [0.15, 0.2) is 42.5 Å². The van der Waals surface area contributed by atoms with Crippen molar-refractivity contribution < 1.29 is 19.1 Å². The molecule has 0 aromatic heterocycles. The predicted molar refractivity (Wildman–Crippen MR) is 106 cm³/mol. The molecule has 2 N–H and O–H groups in total. The minimum Gasteiger partial charge on any atom is -0.479 e. The van der Waals surface area contributed by atoms with Crippen molar-refractivity contribution in [2.24, 2.45) is 0 Å². The summed E-state index contributed by atoms with van der Waals surface area (Å²) in [5, 5.41) is 5.72. The Kier molecular flexibility index (Phi) is 5.27. The summed E-state index contributed by atoms with van der Waals surface area (Å²) < 4.78 is 10.9. The highest BCUT2D eigenvalue weighted by Crippen LogP contribution is 2.32. The van der Waals surface area contributed by atoms with E-state index in [1.54, 1.807) is 25.1 Å². The van der Waals surface area contributed by atoms with Crippen LogP contribution >= 0.6 is 0 Å². The molecule has 7 nitrogen and oxygen atoms in total. The summed E-state index contributed by atoms with van der Waals surface area (Å²) in [5.41, 5.74) is 2.77. The van der Waals surface area contributed by atoms with Crippen LogP contribution in [0.25, 0.3) is 0 Å². The van der Waals surface area contributed by atoms with Crippen molar-refractivity contribution in [2.45, 2.75) is 19.6 Å². The summed E-state index contributed by atoms with van der Waals surface area (Å²) in [5.74, 6) is 0.213. The van der Waals surface area contributed by atoms with Gasteiger partial charge in [0.1, 0.15) is 5.75 Å². The second kappa shape index (κ2) is 8.00. The smallest absolute Gasteiger partial charge is 0.265 e. The van der Waals surface area contributed by atoms with E-state index in [0.717, 1.165) is 31.9 Å². The van der Waals surface area contributed by atoms with Gasteiger partial charge in [0.15, 0.2) is 6.10 Å². The summed E-state index contributed by atoms with van der Waals surface area (Å²) in [6, 6.07) is 12.8. The molecule has 2 aromatic rings. The fraction of sp³-hybridized carbons (Fsp3) is 0.333. The van der Waals surface area contributed by atoms with Crippen LogP contribution in [0.4, 0.5) is 11.4 Å². The van der Waals surface area contributed by atoms with Crippen molar-refractivity contribution in [1.82, 2.24) is 4.90 Å². The van der Waals surface area contributed by atoms with Crippen LogP contribution in [0.3, 0.4) is 0 Å². The second-order valence-corrected chi connectivity index (χ2v) is 6.96. The van der Waals surface area contributed by atoms with Gasteiger partial charge in [-0.15, -0.1) is 0 Å². The molecule has 2 aliphatic rings. The van der Waals surface area contributed by atoms with Gasteiger partial charge in [0.2, 0.25) is 0 Å². The standard InChI is InChI=1S/C21H23N3O4/c1-14-20(25)23-18-12-16(6-7-19(18)28-14)22-21(26)17-5-3-2-4-15(17)13-24-8-10-27-11-9-24/h2-7,12,14H,8-11,13H2,1H3,(H,22,26)(H,23,25)/t14-/m0/s1. The molecule has 1 atom stereocenters. The largest absolute Gasteiger partial charge is 0.479 e. The summed E-state index contributed by atoms with van der Waals surface area (Å²) >= 11 is 0. The molecule has 0 radical (unpaired) electrons. The number of morpholine rings is 1. The number of ether oxygens (including phenoxy) is 2. The lowest BCUT2D eigenvalue weighted by atomic mass is 10.1. The average molecular weight is 381 g/mol. The Morgan fingerprint density at radius 3 is 2.82 bits per heavy atom. The molecule has 7 heteroatoms. The van der Waals surface area contributed by atoms with Crippen molar-refractivity contribution in [3.05, 3.63) is 53.6 Å². The summed E-state index contributed by atoms with van der Waals surface area (Å²) in [6.45, 7) is 5.56. The lowest BCUT2D eigenvalue weighted by Crippen LogP contribution is -2.36. The van der Waals surface area contributed by atoms with Gasteiger partial charge >= 0.3 is 0 Å². The molecule has 4 rings (SSSR count). The third kappa shape index (κ3) is 4.00. The Hall–Kier alpha value is -2.90.